The van der Waals surface area contributed by atoms with E-state index in [1.165, 1.54) is 12.4 Å². The molecule has 0 aliphatic heterocycles. The molecule has 14 heavy (non-hydrogen) atoms. The summed E-state index contributed by atoms with van der Waals surface area (Å²) in [6.07, 6.45) is 3.03. The van der Waals surface area contributed by atoms with Crippen molar-refractivity contribution in [3.05, 3.63) is 41.9 Å². The number of rotatable bonds is 2. The maximum Gasteiger partial charge on any atom is 0.225 e. The lowest BCUT2D eigenvalue weighted by atomic mass is 10.5. The summed E-state index contributed by atoms with van der Waals surface area (Å²) in [7, 11) is 0. The summed E-state index contributed by atoms with van der Waals surface area (Å²) in [5, 5.41) is 0.144. The predicted octanol–water partition coefficient (Wildman–Crippen LogP) is 2.12. The molecule has 0 saturated carbocycles. The van der Waals surface area contributed by atoms with E-state index in [4.69, 9.17) is 16.3 Å². The van der Waals surface area contributed by atoms with Crippen molar-refractivity contribution in [2.24, 2.45) is 0 Å². The molecule has 0 aliphatic rings. The minimum atomic E-state index is 0.144. The van der Waals surface area contributed by atoms with Crippen molar-refractivity contribution >= 4 is 11.6 Å². The van der Waals surface area contributed by atoms with Crippen molar-refractivity contribution in [3.63, 3.8) is 0 Å². The molecule has 0 bridgehead atoms. The van der Waals surface area contributed by atoms with E-state index in [9.17, 15) is 0 Å². The second-order valence-electron chi connectivity index (χ2n) is 2.36. The Hall–Kier alpha value is -1.68. The van der Waals surface area contributed by atoms with Crippen LogP contribution in [0.3, 0.4) is 0 Å². The van der Waals surface area contributed by atoms with Crippen LogP contribution in [-0.2, 0) is 0 Å². The van der Waals surface area contributed by atoms with Crippen molar-refractivity contribution in [1.82, 2.24) is 15.0 Å². The average Bonchev–Trinajstić information content (AvgIpc) is 2.19. The zero-order chi connectivity index (χ0) is 9.80. The first-order valence-corrected chi connectivity index (χ1v) is 4.21. The van der Waals surface area contributed by atoms with E-state index in [2.05, 4.69) is 21.0 Å². The molecule has 5 heteroatoms. The lowest BCUT2D eigenvalue weighted by Crippen LogP contribution is -1.90. The maximum absolute atomic E-state index is 5.58. The lowest BCUT2D eigenvalue weighted by Gasteiger charge is -2.01. The number of ether oxygens (including phenoxy) is 1. The molecule has 0 amide bonds. The Morgan fingerprint density at radius 2 is 2.14 bits per heavy atom. The lowest BCUT2D eigenvalue weighted by molar-refractivity contribution is 0.443. The number of halogens is 1. The zero-order valence-electron chi connectivity index (χ0n) is 7.01. The minimum Gasteiger partial charge on any atom is -0.421 e. The fourth-order valence-electron chi connectivity index (χ4n) is 0.850. The molecule has 0 fully saturated rings. The average molecular weight is 207 g/mol. The van der Waals surface area contributed by atoms with Crippen molar-refractivity contribution in [2.75, 3.05) is 0 Å². The highest BCUT2D eigenvalue weighted by molar-refractivity contribution is 6.28. The molecule has 0 spiro atoms. The van der Waals surface area contributed by atoms with Gasteiger partial charge in [-0.15, -0.1) is 0 Å². The number of aromatic nitrogens is 3. The Morgan fingerprint density at radius 3 is 2.86 bits per heavy atom. The first-order chi connectivity index (χ1) is 6.84. The Balaban J connectivity index is 2.19. The van der Waals surface area contributed by atoms with Crippen LogP contribution in [0.5, 0.6) is 11.8 Å². The summed E-state index contributed by atoms with van der Waals surface area (Å²) < 4.78 is 5.29. The summed E-state index contributed by atoms with van der Waals surface area (Å²) in [5.41, 5.74) is 0. The molecule has 0 N–H and O–H groups in total. The van der Waals surface area contributed by atoms with Crippen LogP contribution in [0.25, 0.3) is 0 Å². The van der Waals surface area contributed by atoms with Crippen molar-refractivity contribution < 1.29 is 4.74 Å². The molecular formula is C9H5ClN3O. The van der Waals surface area contributed by atoms with Gasteiger partial charge in [0.15, 0.2) is 0 Å². The molecule has 0 aromatic carbocycles. The van der Waals surface area contributed by atoms with Crippen LogP contribution < -0.4 is 4.74 Å². The highest BCUT2D eigenvalue weighted by atomic mass is 35.5. The Kier molecular flexibility index (Phi) is 2.55. The van der Waals surface area contributed by atoms with E-state index >= 15 is 0 Å². The van der Waals surface area contributed by atoms with Gasteiger partial charge in [-0.1, -0.05) is 0 Å². The maximum atomic E-state index is 5.58. The van der Waals surface area contributed by atoms with Crippen LogP contribution in [-0.4, -0.2) is 15.0 Å². The van der Waals surface area contributed by atoms with E-state index in [-0.39, 0.29) is 5.28 Å². The van der Waals surface area contributed by atoms with Crippen LogP contribution in [0.1, 0.15) is 0 Å². The van der Waals surface area contributed by atoms with Crippen LogP contribution in [0.4, 0.5) is 0 Å². The molecule has 2 aromatic rings. The second-order valence-corrected chi connectivity index (χ2v) is 2.70. The molecule has 0 aliphatic carbocycles. The quantitative estimate of drug-likeness (QED) is 0.707. The van der Waals surface area contributed by atoms with Gasteiger partial charge in [-0.3, -0.25) is 0 Å². The van der Waals surface area contributed by atoms with Gasteiger partial charge in [-0.05, 0) is 17.7 Å². The van der Waals surface area contributed by atoms with Crippen LogP contribution >= 0.6 is 11.6 Å². The van der Waals surface area contributed by atoms with E-state index in [1.807, 2.05) is 0 Å². The van der Waals surface area contributed by atoms with Gasteiger partial charge in [0.05, 0.1) is 0 Å². The van der Waals surface area contributed by atoms with Gasteiger partial charge in [0.25, 0.3) is 0 Å². The molecule has 0 saturated heterocycles. The third kappa shape index (κ3) is 2.17. The van der Waals surface area contributed by atoms with Crippen molar-refractivity contribution in [3.8, 4) is 11.8 Å². The fourth-order valence-corrected chi connectivity index (χ4v) is 0.990. The predicted molar refractivity (Wildman–Crippen MR) is 50.2 cm³/mol. The normalized spacial score (nSPS) is 9.79. The minimum absolute atomic E-state index is 0.144. The number of pyridine rings is 1. The molecule has 1 radical (unpaired) electrons. The molecule has 2 aromatic heterocycles. The van der Waals surface area contributed by atoms with Crippen molar-refractivity contribution in [1.29, 1.82) is 0 Å². The van der Waals surface area contributed by atoms with Crippen LogP contribution in [0.2, 0.25) is 5.28 Å². The molecule has 0 atom stereocenters. The summed E-state index contributed by atoms with van der Waals surface area (Å²) >= 11 is 5.58. The third-order valence-corrected chi connectivity index (χ3v) is 1.58. The number of hydrogen-bond donors (Lipinski definition) is 0. The van der Waals surface area contributed by atoms with Gasteiger partial charge >= 0.3 is 0 Å². The summed E-state index contributed by atoms with van der Waals surface area (Å²) in [4.78, 5) is 11.5. The van der Waals surface area contributed by atoms with E-state index in [0.29, 0.717) is 11.8 Å². The Bertz CT molecular complexity index is 421. The van der Waals surface area contributed by atoms with Gasteiger partial charge < -0.3 is 4.74 Å². The van der Waals surface area contributed by atoms with Gasteiger partial charge in [0, 0.05) is 30.6 Å². The van der Waals surface area contributed by atoms with E-state index < -0.39 is 0 Å². The van der Waals surface area contributed by atoms with Crippen LogP contribution in [0.15, 0.2) is 30.6 Å². The summed E-state index contributed by atoms with van der Waals surface area (Å²) in [5.74, 6) is 0.808. The fraction of sp³-hybridized carbons (Fsp3) is 0. The van der Waals surface area contributed by atoms with Gasteiger partial charge in [0.2, 0.25) is 17.0 Å². The third-order valence-electron chi connectivity index (χ3n) is 1.40. The Morgan fingerprint density at radius 1 is 1.21 bits per heavy atom. The van der Waals surface area contributed by atoms with Gasteiger partial charge in [-0.2, -0.15) is 4.98 Å². The van der Waals surface area contributed by atoms with E-state index in [0.717, 1.165) is 0 Å². The largest absolute Gasteiger partial charge is 0.421 e. The Labute approximate surface area is 85.6 Å². The molecule has 4 nitrogen and oxygen atoms in total. The number of hydrogen-bond acceptors (Lipinski definition) is 4. The second kappa shape index (κ2) is 4.02. The van der Waals surface area contributed by atoms with Gasteiger partial charge in [0.1, 0.15) is 0 Å². The SMILES string of the molecule is Clc1nccc(Oc2cc[c]cn2)n1. The molecule has 2 heterocycles. The highest BCUT2D eigenvalue weighted by Gasteiger charge is 1.99. The molecular weight excluding hydrogens is 202 g/mol. The first-order valence-electron chi connectivity index (χ1n) is 3.83. The molecule has 69 valence electrons. The first kappa shape index (κ1) is 8.90. The summed E-state index contributed by atoms with van der Waals surface area (Å²) in [6, 6.07) is 7.76. The summed E-state index contributed by atoms with van der Waals surface area (Å²) in [6.45, 7) is 0. The van der Waals surface area contributed by atoms with Gasteiger partial charge in [-0.25, -0.2) is 9.97 Å². The number of nitrogens with zero attached hydrogens (tertiary/aromatic N) is 3. The molecule has 2 rings (SSSR count). The smallest absolute Gasteiger partial charge is 0.225 e. The topological polar surface area (TPSA) is 47.9 Å². The molecule has 0 unspecified atom stereocenters. The monoisotopic (exact) mass is 206 g/mol. The zero-order valence-corrected chi connectivity index (χ0v) is 7.77. The highest BCUT2D eigenvalue weighted by Crippen LogP contribution is 2.16. The standard InChI is InChI=1S/C9H5ClN3O/c10-9-12-6-4-8(13-9)14-7-3-1-2-5-11-7/h1,3-6H. The van der Waals surface area contributed by atoms with Crippen molar-refractivity contribution in [2.45, 2.75) is 0 Å². The van der Waals surface area contributed by atoms with Crippen LogP contribution in [0, 0.1) is 6.07 Å². The van der Waals surface area contributed by atoms with E-state index in [1.54, 1.807) is 18.2 Å².